The Hall–Kier alpha value is -0.470. The van der Waals surface area contributed by atoms with Gasteiger partial charge < -0.3 is 29.1 Å². The average molecular weight is 498 g/mol. The van der Waals surface area contributed by atoms with E-state index in [0.717, 1.165) is 11.3 Å². The third-order valence-corrected chi connectivity index (χ3v) is 3.58. The molecule has 6 heteroatoms. The first kappa shape index (κ1) is 16.6. The molecule has 1 aromatic heterocycles. The van der Waals surface area contributed by atoms with Gasteiger partial charge in [0, 0.05) is 23.9 Å². The fourth-order valence-electron chi connectivity index (χ4n) is 1.37. The SMILES string of the molecule is C[n+]1ccc(C=Nc2cc(Br)c(O)c(Br)c2)cc1.[I-]. The second-order valence-electron chi connectivity index (χ2n) is 3.81. The van der Waals surface area contributed by atoms with Crippen molar-refractivity contribution in [1.29, 1.82) is 0 Å². The van der Waals surface area contributed by atoms with Crippen molar-refractivity contribution in [3.8, 4) is 5.75 Å². The molecular weight excluding hydrogens is 487 g/mol. The molecule has 0 fully saturated rings. The molecule has 0 aliphatic carbocycles. The van der Waals surface area contributed by atoms with E-state index in [-0.39, 0.29) is 29.7 Å². The largest absolute Gasteiger partial charge is 1.00 e. The van der Waals surface area contributed by atoms with Crippen LogP contribution in [0.1, 0.15) is 5.56 Å². The van der Waals surface area contributed by atoms with Gasteiger partial charge in [0.25, 0.3) is 0 Å². The van der Waals surface area contributed by atoms with E-state index in [9.17, 15) is 5.11 Å². The van der Waals surface area contributed by atoms with Crippen molar-refractivity contribution in [1.82, 2.24) is 0 Å². The first-order valence-corrected chi connectivity index (χ1v) is 6.82. The summed E-state index contributed by atoms with van der Waals surface area (Å²) in [6.07, 6.45) is 5.71. The van der Waals surface area contributed by atoms with Gasteiger partial charge in [-0.25, -0.2) is 4.57 Å². The molecule has 0 saturated carbocycles. The number of rotatable bonds is 2. The van der Waals surface area contributed by atoms with Gasteiger partial charge in [-0.15, -0.1) is 0 Å². The highest BCUT2D eigenvalue weighted by atomic mass is 127. The Labute approximate surface area is 145 Å². The minimum absolute atomic E-state index is 0. The first-order chi connectivity index (χ1) is 8.56. The van der Waals surface area contributed by atoms with Crippen LogP contribution in [0.3, 0.4) is 0 Å². The number of halogens is 3. The highest BCUT2D eigenvalue weighted by Gasteiger charge is 2.04. The molecule has 0 atom stereocenters. The van der Waals surface area contributed by atoms with Crippen molar-refractivity contribution >= 4 is 43.8 Å². The highest BCUT2D eigenvalue weighted by molar-refractivity contribution is 9.11. The van der Waals surface area contributed by atoms with Crippen LogP contribution in [-0.2, 0) is 7.05 Å². The predicted molar refractivity (Wildman–Crippen MR) is 78.4 cm³/mol. The van der Waals surface area contributed by atoms with Crippen LogP contribution in [-0.4, -0.2) is 11.3 Å². The molecule has 0 aliphatic rings. The molecule has 1 heterocycles. The number of benzene rings is 1. The van der Waals surface area contributed by atoms with Crippen molar-refractivity contribution in [2.24, 2.45) is 12.0 Å². The lowest BCUT2D eigenvalue weighted by atomic mass is 10.3. The lowest BCUT2D eigenvalue weighted by molar-refractivity contribution is -0.671. The molecule has 0 aliphatic heterocycles. The summed E-state index contributed by atoms with van der Waals surface area (Å²) in [6, 6.07) is 7.49. The summed E-state index contributed by atoms with van der Waals surface area (Å²) in [5.74, 6) is 0.181. The molecule has 1 N–H and O–H groups in total. The molecule has 0 amide bonds. The molecule has 1 aromatic carbocycles. The topological polar surface area (TPSA) is 36.5 Å². The fourth-order valence-corrected chi connectivity index (χ4v) is 2.54. The van der Waals surface area contributed by atoms with E-state index in [1.54, 1.807) is 18.3 Å². The normalized spacial score (nSPS) is 10.5. The molecule has 0 bridgehead atoms. The Morgan fingerprint density at radius 1 is 1.16 bits per heavy atom. The van der Waals surface area contributed by atoms with Crippen molar-refractivity contribution < 1.29 is 33.7 Å². The number of hydrogen-bond acceptors (Lipinski definition) is 2. The smallest absolute Gasteiger partial charge is 0.169 e. The maximum absolute atomic E-state index is 9.60. The van der Waals surface area contributed by atoms with Gasteiger partial charge >= 0.3 is 0 Å². The van der Waals surface area contributed by atoms with Crippen LogP contribution in [0.4, 0.5) is 5.69 Å². The molecule has 2 aromatic rings. The Morgan fingerprint density at radius 3 is 2.21 bits per heavy atom. The number of pyridine rings is 1. The zero-order chi connectivity index (χ0) is 13.1. The van der Waals surface area contributed by atoms with Gasteiger partial charge in [0.05, 0.1) is 14.6 Å². The van der Waals surface area contributed by atoms with E-state index in [2.05, 4.69) is 36.9 Å². The quantitative estimate of drug-likeness (QED) is 0.366. The van der Waals surface area contributed by atoms with Crippen LogP contribution >= 0.6 is 31.9 Å². The van der Waals surface area contributed by atoms with Gasteiger partial charge in [-0.3, -0.25) is 4.99 Å². The van der Waals surface area contributed by atoms with Gasteiger partial charge in [0.2, 0.25) is 0 Å². The summed E-state index contributed by atoms with van der Waals surface area (Å²) >= 11 is 6.55. The maximum atomic E-state index is 9.60. The van der Waals surface area contributed by atoms with Crippen LogP contribution in [0.25, 0.3) is 0 Å². The molecule has 3 nitrogen and oxygen atoms in total. The van der Waals surface area contributed by atoms with Gasteiger partial charge in [-0.05, 0) is 44.0 Å². The average Bonchev–Trinajstić information content (AvgIpc) is 2.35. The minimum Gasteiger partial charge on any atom is -1.00 e. The Morgan fingerprint density at radius 2 is 1.68 bits per heavy atom. The van der Waals surface area contributed by atoms with E-state index in [4.69, 9.17) is 0 Å². The van der Waals surface area contributed by atoms with Crippen molar-refractivity contribution in [2.75, 3.05) is 0 Å². The molecule has 2 rings (SSSR count). The van der Waals surface area contributed by atoms with Crippen LogP contribution in [0, 0.1) is 0 Å². The van der Waals surface area contributed by atoms with Crippen LogP contribution in [0.2, 0.25) is 0 Å². The zero-order valence-corrected chi connectivity index (χ0v) is 15.3. The summed E-state index contributed by atoms with van der Waals surface area (Å²) < 4.78 is 3.19. The van der Waals surface area contributed by atoms with Gasteiger partial charge in [0.15, 0.2) is 12.4 Å². The Bertz CT molecular complexity index is 577. The fraction of sp³-hybridized carbons (Fsp3) is 0.0769. The van der Waals surface area contributed by atoms with E-state index in [0.29, 0.717) is 8.95 Å². The summed E-state index contributed by atoms with van der Waals surface area (Å²) in [4.78, 5) is 4.36. The predicted octanol–water partition coefficient (Wildman–Crippen LogP) is 0.496. The monoisotopic (exact) mass is 496 g/mol. The van der Waals surface area contributed by atoms with Gasteiger partial charge in [0.1, 0.15) is 12.8 Å². The zero-order valence-electron chi connectivity index (χ0n) is 10.0. The summed E-state index contributed by atoms with van der Waals surface area (Å²) in [7, 11) is 1.97. The number of hydrogen-bond donors (Lipinski definition) is 1. The minimum atomic E-state index is 0. The number of phenols is 1. The summed E-state index contributed by atoms with van der Waals surface area (Å²) in [5, 5.41) is 9.60. The van der Waals surface area contributed by atoms with Crippen LogP contribution in [0.15, 0.2) is 50.6 Å². The number of aromatic nitrogens is 1. The molecule has 19 heavy (non-hydrogen) atoms. The standard InChI is InChI=1S/C13H10Br2N2O.HI/c1-17-4-2-9(3-5-17)8-16-10-6-11(14)13(18)12(15)7-10;/h2-8H,1H3;1H. The number of aryl methyl sites for hydroxylation is 1. The second kappa shape index (κ2) is 7.35. The number of aromatic hydroxyl groups is 1. The van der Waals surface area contributed by atoms with E-state index < -0.39 is 0 Å². The molecular formula is C13H11Br2IN2O. The lowest BCUT2D eigenvalue weighted by Crippen LogP contribution is -3.00. The highest BCUT2D eigenvalue weighted by Crippen LogP contribution is 2.36. The summed E-state index contributed by atoms with van der Waals surface area (Å²) in [6.45, 7) is 0. The van der Waals surface area contributed by atoms with E-state index >= 15 is 0 Å². The third kappa shape index (κ3) is 4.54. The molecule has 0 radical (unpaired) electrons. The van der Waals surface area contributed by atoms with Gasteiger partial charge in [-0.1, -0.05) is 0 Å². The molecule has 0 unspecified atom stereocenters. The summed E-state index contributed by atoms with van der Waals surface area (Å²) in [5.41, 5.74) is 1.79. The maximum Gasteiger partial charge on any atom is 0.169 e. The lowest BCUT2D eigenvalue weighted by Gasteiger charge is -2.01. The van der Waals surface area contributed by atoms with Crippen molar-refractivity contribution in [3.63, 3.8) is 0 Å². The molecule has 100 valence electrons. The van der Waals surface area contributed by atoms with E-state index in [1.165, 1.54) is 0 Å². The van der Waals surface area contributed by atoms with Crippen molar-refractivity contribution in [3.05, 3.63) is 51.2 Å². The van der Waals surface area contributed by atoms with E-state index in [1.807, 2.05) is 36.1 Å². The first-order valence-electron chi connectivity index (χ1n) is 5.23. The number of nitrogens with zero attached hydrogens (tertiary/aromatic N) is 2. The van der Waals surface area contributed by atoms with Gasteiger partial charge in [-0.2, -0.15) is 0 Å². The second-order valence-corrected chi connectivity index (χ2v) is 5.52. The third-order valence-electron chi connectivity index (χ3n) is 2.37. The Kier molecular flexibility index (Phi) is 6.41. The molecule has 0 saturated heterocycles. The van der Waals surface area contributed by atoms with Crippen LogP contribution < -0.4 is 28.5 Å². The number of aliphatic imine (C=N–C) groups is 1. The van der Waals surface area contributed by atoms with Crippen molar-refractivity contribution in [2.45, 2.75) is 0 Å². The van der Waals surface area contributed by atoms with Crippen LogP contribution in [0.5, 0.6) is 5.75 Å². The Balaban J connectivity index is 0.00000180. The number of phenolic OH excluding ortho intramolecular Hbond substituents is 1. The molecule has 0 spiro atoms.